The molecular formula is C19H24N4O2. The fraction of sp³-hybridized carbons (Fsp3) is 0.421. The van der Waals surface area contributed by atoms with Gasteiger partial charge in [-0.1, -0.05) is 37.8 Å². The Morgan fingerprint density at radius 1 is 1.12 bits per heavy atom. The van der Waals surface area contributed by atoms with E-state index in [9.17, 15) is 4.79 Å². The molecule has 132 valence electrons. The van der Waals surface area contributed by atoms with Gasteiger partial charge in [-0.15, -0.1) is 0 Å². The quantitative estimate of drug-likeness (QED) is 0.808. The fourth-order valence-corrected chi connectivity index (χ4v) is 3.13. The Morgan fingerprint density at radius 3 is 2.64 bits per heavy atom. The lowest BCUT2D eigenvalue weighted by Crippen LogP contribution is -2.20. The van der Waals surface area contributed by atoms with E-state index in [0.29, 0.717) is 29.0 Å². The second-order valence-electron chi connectivity index (χ2n) is 6.28. The molecule has 1 heterocycles. The molecule has 0 saturated heterocycles. The van der Waals surface area contributed by atoms with Crippen LogP contribution in [0, 0.1) is 0 Å². The zero-order chi connectivity index (χ0) is 17.5. The first-order chi connectivity index (χ1) is 12.3. The number of amides is 1. The zero-order valence-electron chi connectivity index (χ0n) is 14.5. The summed E-state index contributed by atoms with van der Waals surface area (Å²) in [6.45, 7) is 0. The number of nitrogens with one attached hydrogen (secondary N) is 2. The van der Waals surface area contributed by atoms with Crippen LogP contribution in [0.5, 0.6) is 5.75 Å². The number of nitrogens with zero attached hydrogens (tertiary/aromatic N) is 2. The van der Waals surface area contributed by atoms with Crippen LogP contribution in [0.1, 0.15) is 49.0 Å². The Kier molecular flexibility index (Phi) is 5.82. The summed E-state index contributed by atoms with van der Waals surface area (Å²) in [7, 11) is 1.57. The van der Waals surface area contributed by atoms with E-state index in [2.05, 4.69) is 20.6 Å². The Balaban J connectivity index is 1.68. The maximum absolute atomic E-state index is 12.5. The van der Waals surface area contributed by atoms with Gasteiger partial charge in [0, 0.05) is 12.1 Å². The molecule has 25 heavy (non-hydrogen) atoms. The predicted octanol–water partition coefficient (Wildman–Crippen LogP) is 3.87. The molecule has 2 N–H and O–H groups in total. The number of ether oxygens (including phenoxy) is 1. The molecule has 1 fully saturated rings. The molecule has 0 unspecified atom stereocenters. The molecule has 0 aliphatic heterocycles. The summed E-state index contributed by atoms with van der Waals surface area (Å²) in [4.78, 5) is 20.9. The number of rotatable bonds is 5. The normalized spacial score (nSPS) is 15.2. The van der Waals surface area contributed by atoms with Crippen LogP contribution in [0.25, 0.3) is 0 Å². The summed E-state index contributed by atoms with van der Waals surface area (Å²) < 4.78 is 5.26. The second kappa shape index (κ2) is 8.46. The van der Waals surface area contributed by atoms with Crippen LogP contribution in [-0.2, 0) is 0 Å². The highest BCUT2D eigenvalue weighted by molar-refractivity contribution is 6.04. The highest BCUT2D eigenvalue weighted by atomic mass is 16.5. The van der Waals surface area contributed by atoms with Gasteiger partial charge in [0.1, 0.15) is 23.6 Å². The van der Waals surface area contributed by atoms with Crippen molar-refractivity contribution in [2.75, 3.05) is 17.7 Å². The second-order valence-corrected chi connectivity index (χ2v) is 6.28. The third-order valence-corrected chi connectivity index (χ3v) is 4.46. The van der Waals surface area contributed by atoms with Crippen molar-refractivity contribution in [1.29, 1.82) is 0 Å². The average Bonchev–Trinajstić information content (AvgIpc) is 2.91. The van der Waals surface area contributed by atoms with Crippen molar-refractivity contribution in [3.8, 4) is 5.75 Å². The van der Waals surface area contributed by atoms with Gasteiger partial charge in [0.15, 0.2) is 0 Å². The molecule has 1 aromatic carbocycles. The largest absolute Gasteiger partial charge is 0.495 e. The van der Waals surface area contributed by atoms with Crippen molar-refractivity contribution in [3.05, 3.63) is 42.4 Å². The number of methoxy groups -OCH3 is 1. The van der Waals surface area contributed by atoms with Crippen LogP contribution in [0.2, 0.25) is 0 Å². The summed E-state index contributed by atoms with van der Waals surface area (Å²) >= 11 is 0. The number of para-hydroxylation sites is 2. The zero-order valence-corrected chi connectivity index (χ0v) is 14.5. The molecule has 0 spiro atoms. The van der Waals surface area contributed by atoms with Gasteiger partial charge in [-0.2, -0.15) is 0 Å². The van der Waals surface area contributed by atoms with Gasteiger partial charge in [-0.05, 0) is 25.0 Å². The number of anilines is 2. The van der Waals surface area contributed by atoms with Gasteiger partial charge < -0.3 is 15.4 Å². The Labute approximate surface area is 148 Å². The van der Waals surface area contributed by atoms with Gasteiger partial charge in [0.2, 0.25) is 0 Å². The van der Waals surface area contributed by atoms with Gasteiger partial charge in [-0.25, -0.2) is 9.97 Å². The van der Waals surface area contributed by atoms with E-state index >= 15 is 0 Å². The molecule has 0 radical (unpaired) electrons. The van der Waals surface area contributed by atoms with Gasteiger partial charge >= 0.3 is 0 Å². The summed E-state index contributed by atoms with van der Waals surface area (Å²) in [6.07, 6.45) is 8.80. The van der Waals surface area contributed by atoms with E-state index in [1.165, 1.54) is 32.0 Å². The van der Waals surface area contributed by atoms with Crippen LogP contribution in [0.3, 0.4) is 0 Å². The molecule has 1 aliphatic rings. The number of carbonyl (C=O) groups excluding carboxylic acids is 1. The molecular weight excluding hydrogens is 316 g/mol. The first-order valence-electron chi connectivity index (χ1n) is 8.79. The molecule has 3 rings (SSSR count). The van der Waals surface area contributed by atoms with E-state index in [0.717, 1.165) is 12.8 Å². The summed E-state index contributed by atoms with van der Waals surface area (Å²) in [5.41, 5.74) is 0.948. The molecule has 1 aliphatic carbocycles. The lowest BCUT2D eigenvalue weighted by atomic mass is 10.1. The number of hydrogen-bond acceptors (Lipinski definition) is 5. The third kappa shape index (κ3) is 4.68. The molecule has 1 saturated carbocycles. The Bertz CT molecular complexity index is 712. The number of carbonyl (C=O) groups is 1. The van der Waals surface area contributed by atoms with Crippen molar-refractivity contribution < 1.29 is 9.53 Å². The monoisotopic (exact) mass is 340 g/mol. The first kappa shape index (κ1) is 17.2. The van der Waals surface area contributed by atoms with E-state index < -0.39 is 0 Å². The standard InChI is InChI=1S/C19H24N4O2/c1-25-17-11-7-6-10-15(17)23-19(24)16-12-18(21-13-20-16)22-14-8-4-2-3-5-9-14/h6-7,10-14H,2-5,8-9H2,1H3,(H,23,24)(H,20,21,22). The molecule has 6 heteroatoms. The minimum absolute atomic E-state index is 0.282. The minimum Gasteiger partial charge on any atom is -0.495 e. The van der Waals surface area contributed by atoms with Gasteiger partial charge in [0.05, 0.1) is 12.8 Å². The molecule has 0 atom stereocenters. The summed E-state index contributed by atoms with van der Waals surface area (Å²) in [5, 5.41) is 6.28. The SMILES string of the molecule is COc1ccccc1NC(=O)c1cc(NC2CCCCCC2)ncn1. The molecule has 1 amide bonds. The first-order valence-corrected chi connectivity index (χ1v) is 8.79. The maximum atomic E-state index is 12.5. The molecule has 6 nitrogen and oxygen atoms in total. The van der Waals surface area contributed by atoms with E-state index in [4.69, 9.17) is 4.74 Å². The molecule has 2 aromatic rings. The Hall–Kier alpha value is -2.63. The van der Waals surface area contributed by atoms with Crippen LogP contribution in [-0.4, -0.2) is 29.0 Å². The van der Waals surface area contributed by atoms with E-state index in [-0.39, 0.29) is 5.91 Å². The average molecular weight is 340 g/mol. The Morgan fingerprint density at radius 2 is 1.88 bits per heavy atom. The van der Waals surface area contributed by atoms with Crippen LogP contribution < -0.4 is 15.4 Å². The van der Waals surface area contributed by atoms with Crippen LogP contribution >= 0.6 is 0 Å². The van der Waals surface area contributed by atoms with Crippen molar-refractivity contribution in [2.24, 2.45) is 0 Å². The van der Waals surface area contributed by atoms with Crippen molar-refractivity contribution in [2.45, 2.75) is 44.6 Å². The van der Waals surface area contributed by atoms with Crippen LogP contribution in [0.15, 0.2) is 36.7 Å². The molecule has 0 bridgehead atoms. The maximum Gasteiger partial charge on any atom is 0.274 e. The lowest BCUT2D eigenvalue weighted by molar-refractivity contribution is 0.102. The van der Waals surface area contributed by atoms with Crippen LogP contribution in [0.4, 0.5) is 11.5 Å². The number of benzene rings is 1. The number of aromatic nitrogens is 2. The van der Waals surface area contributed by atoms with Crippen molar-refractivity contribution >= 4 is 17.4 Å². The number of hydrogen-bond donors (Lipinski definition) is 2. The van der Waals surface area contributed by atoms with Crippen molar-refractivity contribution in [3.63, 3.8) is 0 Å². The minimum atomic E-state index is -0.282. The highest BCUT2D eigenvalue weighted by Gasteiger charge is 2.15. The summed E-state index contributed by atoms with van der Waals surface area (Å²) in [5.74, 6) is 1.03. The third-order valence-electron chi connectivity index (χ3n) is 4.46. The van der Waals surface area contributed by atoms with E-state index in [1.54, 1.807) is 25.3 Å². The molecule has 1 aromatic heterocycles. The highest BCUT2D eigenvalue weighted by Crippen LogP contribution is 2.24. The fourth-order valence-electron chi connectivity index (χ4n) is 3.13. The van der Waals surface area contributed by atoms with Gasteiger partial charge in [0.25, 0.3) is 5.91 Å². The summed E-state index contributed by atoms with van der Waals surface area (Å²) in [6, 6.07) is 9.42. The van der Waals surface area contributed by atoms with Gasteiger partial charge in [-0.3, -0.25) is 4.79 Å². The van der Waals surface area contributed by atoms with Crippen molar-refractivity contribution in [1.82, 2.24) is 9.97 Å². The predicted molar refractivity (Wildman–Crippen MR) is 98.1 cm³/mol. The topological polar surface area (TPSA) is 76.1 Å². The van der Waals surface area contributed by atoms with E-state index in [1.807, 2.05) is 12.1 Å². The smallest absolute Gasteiger partial charge is 0.274 e. The lowest BCUT2D eigenvalue weighted by Gasteiger charge is -2.17.